The Balaban J connectivity index is 0.00000181. The van der Waals surface area contributed by atoms with Crippen LogP contribution in [0, 0.1) is 18.7 Å². The summed E-state index contributed by atoms with van der Waals surface area (Å²) in [6.07, 6.45) is 23.5. The molecule has 0 spiro atoms. The van der Waals surface area contributed by atoms with Crippen molar-refractivity contribution < 1.29 is 14.3 Å². The minimum atomic E-state index is -0.906. The molecule has 0 radical (unpaired) electrons. The molecule has 1 aromatic carbocycles. The Labute approximate surface area is 240 Å². The van der Waals surface area contributed by atoms with Crippen molar-refractivity contribution in [1.82, 2.24) is 14.5 Å². The van der Waals surface area contributed by atoms with Gasteiger partial charge in [0.2, 0.25) is 5.72 Å². The van der Waals surface area contributed by atoms with Gasteiger partial charge in [0, 0.05) is 43.5 Å². The molecule has 5 rings (SSSR count). The van der Waals surface area contributed by atoms with E-state index in [2.05, 4.69) is 62.8 Å². The van der Waals surface area contributed by atoms with Gasteiger partial charge in [0.1, 0.15) is 5.82 Å². The van der Waals surface area contributed by atoms with Crippen molar-refractivity contribution in [1.29, 1.82) is 0 Å². The van der Waals surface area contributed by atoms with E-state index in [1.54, 1.807) is 17.0 Å². The van der Waals surface area contributed by atoms with Gasteiger partial charge >= 0.3 is 0 Å². The largest absolute Gasteiger partial charge is 0.396 e. The summed E-state index contributed by atoms with van der Waals surface area (Å²) >= 11 is 0. The highest BCUT2D eigenvalue weighted by Gasteiger charge is 2.49. The quantitative estimate of drug-likeness (QED) is 0.375. The van der Waals surface area contributed by atoms with Gasteiger partial charge in [0.25, 0.3) is 0 Å². The minimum absolute atomic E-state index is 0.0515. The molecular formula is C32H45FN4O2S. The number of hydrogen-bond donors (Lipinski definition) is 1. The average Bonchev–Trinajstić information content (AvgIpc) is 3.51. The highest BCUT2D eigenvalue weighted by atomic mass is 32.3. The number of hydrogen-bond acceptors (Lipinski definition) is 5. The number of nitrogens with zero attached hydrogens (tertiary/aromatic N) is 4. The van der Waals surface area contributed by atoms with Crippen molar-refractivity contribution in [2.24, 2.45) is 11.1 Å². The van der Waals surface area contributed by atoms with Crippen LogP contribution < -0.4 is 0 Å². The lowest BCUT2D eigenvalue weighted by Crippen LogP contribution is -2.49. The second kappa shape index (κ2) is 12.8. The number of aliphatic hydroxyl groups is 1. The number of oxime groups is 1. The van der Waals surface area contributed by atoms with Crippen LogP contribution in [0.2, 0.25) is 0 Å². The van der Waals surface area contributed by atoms with Gasteiger partial charge in [0.05, 0.1) is 12.0 Å². The van der Waals surface area contributed by atoms with Gasteiger partial charge in [-0.3, -0.25) is 0 Å². The predicted octanol–water partition coefficient (Wildman–Crippen LogP) is 7.18. The molecule has 2 unspecified atom stereocenters. The molecule has 40 heavy (non-hydrogen) atoms. The molecule has 8 heteroatoms. The summed E-state index contributed by atoms with van der Waals surface area (Å²) in [6, 6.07) is 6.36. The molecule has 3 aliphatic rings. The second-order valence-electron chi connectivity index (χ2n) is 11.2. The molecule has 1 fully saturated rings. The highest BCUT2D eigenvalue weighted by Crippen LogP contribution is 2.51. The number of benzene rings is 1. The lowest BCUT2D eigenvalue weighted by molar-refractivity contribution is -0.119. The molecule has 2 atom stereocenters. The highest BCUT2D eigenvalue weighted by molar-refractivity contribution is 8.35. The molecule has 0 bridgehead atoms. The van der Waals surface area contributed by atoms with Crippen LogP contribution in [0.25, 0.3) is 5.70 Å². The maximum Gasteiger partial charge on any atom is 0.239 e. The molecule has 1 aliphatic carbocycles. The van der Waals surface area contributed by atoms with E-state index in [4.69, 9.17) is 4.84 Å². The normalized spacial score (nSPS) is 27.1. The maximum absolute atomic E-state index is 13.7. The van der Waals surface area contributed by atoms with Crippen molar-refractivity contribution in [3.8, 4) is 0 Å². The molecule has 1 saturated heterocycles. The van der Waals surface area contributed by atoms with Gasteiger partial charge in [-0.2, -0.15) is 0 Å². The summed E-state index contributed by atoms with van der Waals surface area (Å²) in [5, 5.41) is 14.5. The van der Waals surface area contributed by atoms with E-state index >= 15 is 0 Å². The van der Waals surface area contributed by atoms with E-state index < -0.39 is 15.8 Å². The number of halogens is 1. The van der Waals surface area contributed by atoms with Crippen molar-refractivity contribution in [3.05, 3.63) is 82.6 Å². The Morgan fingerprint density at radius 3 is 2.58 bits per heavy atom. The summed E-state index contributed by atoms with van der Waals surface area (Å²) in [5.74, 6) is 0.851. The third kappa shape index (κ3) is 6.23. The van der Waals surface area contributed by atoms with Crippen LogP contribution >= 0.6 is 10.0 Å². The first-order valence-corrected chi connectivity index (χ1v) is 17.3. The van der Waals surface area contributed by atoms with Gasteiger partial charge in [0.15, 0.2) is 5.84 Å². The van der Waals surface area contributed by atoms with Crippen molar-refractivity contribution in [2.45, 2.75) is 65.0 Å². The number of piperidine rings is 1. The zero-order valence-corrected chi connectivity index (χ0v) is 25.7. The molecule has 0 saturated carbocycles. The molecular weight excluding hydrogens is 523 g/mol. The second-order valence-corrected chi connectivity index (χ2v) is 15.3. The van der Waals surface area contributed by atoms with E-state index in [0.29, 0.717) is 12.3 Å². The standard InChI is InChI=1S/C30H39FN4O2S.C2H6/c1-22-20-34(21-32-22)27-9-5-7-23(10-15-28(27)38(2,3)4)19-24-8-6-17-35-29(24)33-37-30(35,16-18-36)25-11-13-26(31)14-12-25;1-2/h5,7,11-14,19-21,23,36H,6,8-10,15-18H2,1-4H3;1-2H3/b7-5-,24-19+,28-27-;. The van der Waals surface area contributed by atoms with E-state index in [1.165, 1.54) is 23.4 Å². The summed E-state index contributed by atoms with van der Waals surface area (Å²) in [7, 11) is -0.906. The van der Waals surface area contributed by atoms with E-state index in [1.807, 2.05) is 27.1 Å². The maximum atomic E-state index is 13.7. The summed E-state index contributed by atoms with van der Waals surface area (Å²) in [4.78, 5) is 14.3. The van der Waals surface area contributed by atoms with E-state index in [9.17, 15) is 9.50 Å². The van der Waals surface area contributed by atoms with Gasteiger partial charge < -0.3 is 19.4 Å². The molecule has 2 aliphatic heterocycles. The van der Waals surface area contributed by atoms with Crippen molar-refractivity contribution in [3.63, 3.8) is 0 Å². The fourth-order valence-electron chi connectivity index (χ4n) is 5.88. The number of aliphatic hydroxyl groups excluding tert-OH is 1. The van der Waals surface area contributed by atoms with Crippen LogP contribution in [0.4, 0.5) is 4.39 Å². The molecule has 0 amide bonds. The fraction of sp³-hybridized carbons (Fsp3) is 0.500. The summed E-state index contributed by atoms with van der Waals surface area (Å²) < 4.78 is 15.9. The van der Waals surface area contributed by atoms with Gasteiger partial charge in [-0.1, -0.05) is 49.4 Å². The zero-order chi connectivity index (χ0) is 28.9. The summed E-state index contributed by atoms with van der Waals surface area (Å²) in [6.45, 7) is 6.77. The van der Waals surface area contributed by atoms with E-state index in [0.717, 1.165) is 55.7 Å². The summed E-state index contributed by atoms with van der Waals surface area (Å²) in [5.41, 5.74) is 3.49. The number of aryl methyl sites for hydroxylation is 1. The Morgan fingerprint density at radius 2 is 1.93 bits per heavy atom. The third-order valence-electron chi connectivity index (χ3n) is 7.73. The van der Waals surface area contributed by atoms with Crippen molar-refractivity contribution >= 4 is 21.6 Å². The number of imidazole rings is 1. The SMILES string of the molecule is CC.Cc1cn(/C2=C(\S(C)(C)C)CCC(/C=C3\CCCN4C3=NOC4(CCO)c3ccc(F)cc3)/C=C\C2)cn1. The first kappa shape index (κ1) is 30.1. The Bertz CT molecular complexity index is 1290. The third-order valence-corrected chi connectivity index (χ3v) is 9.65. The molecule has 1 N–H and O–H groups in total. The van der Waals surface area contributed by atoms with Gasteiger partial charge in [-0.05, 0) is 79.9 Å². The number of aromatic nitrogens is 2. The number of allylic oxidation sites excluding steroid dienone is 5. The fourth-order valence-corrected chi connectivity index (χ4v) is 7.51. The van der Waals surface area contributed by atoms with Crippen LogP contribution in [0.5, 0.6) is 0 Å². The molecule has 218 valence electrons. The molecule has 2 aromatic rings. The molecule has 6 nitrogen and oxygen atoms in total. The first-order chi connectivity index (χ1) is 19.2. The average molecular weight is 569 g/mol. The van der Waals surface area contributed by atoms with Gasteiger partial charge in [-0.15, -0.1) is 0 Å². The topological polar surface area (TPSA) is 62.9 Å². The van der Waals surface area contributed by atoms with Crippen molar-refractivity contribution in [2.75, 3.05) is 31.9 Å². The smallest absolute Gasteiger partial charge is 0.239 e. The zero-order valence-electron chi connectivity index (χ0n) is 24.9. The van der Waals surface area contributed by atoms with Crippen LogP contribution in [-0.4, -0.2) is 57.3 Å². The van der Waals surface area contributed by atoms with Crippen LogP contribution in [-0.2, 0) is 10.6 Å². The molecule has 3 heterocycles. The molecule has 1 aromatic heterocycles. The van der Waals surface area contributed by atoms with Gasteiger partial charge in [-0.25, -0.2) is 19.4 Å². The Hall–Kier alpha value is -2.84. The monoisotopic (exact) mass is 568 g/mol. The van der Waals surface area contributed by atoms with Crippen LogP contribution in [0.15, 0.2) is 70.7 Å². The minimum Gasteiger partial charge on any atom is -0.396 e. The first-order valence-electron chi connectivity index (χ1n) is 14.4. The van der Waals surface area contributed by atoms with Crippen LogP contribution in [0.1, 0.15) is 63.6 Å². The Morgan fingerprint density at radius 1 is 1.18 bits per heavy atom. The number of amidine groups is 1. The number of fused-ring (bicyclic) bond motifs is 1. The predicted molar refractivity (Wildman–Crippen MR) is 166 cm³/mol. The van der Waals surface area contributed by atoms with Crippen LogP contribution in [0.3, 0.4) is 0 Å². The number of rotatable bonds is 6. The lowest BCUT2D eigenvalue weighted by atomic mass is 9.90. The Kier molecular flexibility index (Phi) is 9.62. The lowest BCUT2D eigenvalue weighted by Gasteiger charge is -2.40. The van der Waals surface area contributed by atoms with E-state index in [-0.39, 0.29) is 12.4 Å².